The van der Waals surface area contributed by atoms with Gasteiger partial charge < -0.3 is 15.0 Å². The van der Waals surface area contributed by atoms with E-state index in [1.54, 1.807) is 22.9 Å². The molecule has 2 aromatic carbocycles. The maximum absolute atomic E-state index is 14.5. The SMILES string of the molecule is CCc1nn(-c2ccccc2)c(Oc2ccccc2F)c1CN(C(=O)NC(C)(C)C)C1CC1. The maximum atomic E-state index is 14.5. The number of hydrogen-bond donors (Lipinski definition) is 1. The van der Waals surface area contributed by atoms with Crippen molar-refractivity contribution in [1.29, 1.82) is 0 Å². The lowest BCUT2D eigenvalue weighted by atomic mass is 10.1. The lowest BCUT2D eigenvalue weighted by molar-refractivity contribution is 0.182. The molecule has 1 fully saturated rings. The van der Waals surface area contributed by atoms with E-state index in [1.807, 2.05) is 62.9 Å². The summed E-state index contributed by atoms with van der Waals surface area (Å²) >= 11 is 0. The summed E-state index contributed by atoms with van der Waals surface area (Å²) in [6.07, 6.45) is 2.59. The summed E-state index contributed by atoms with van der Waals surface area (Å²) in [7, 11) is 0. The summed E-state index contributed by atoms with van der Waals surface area (Å²) in [4.78, 5) is 15.0. The number of nitrogens with one attached hydrogen (secondary N) is 1. The van der Waals surface area contributed by atoms with Gasteiger partial charge in [-0.05, 0) is 64.3 Å². The molecule has 4 rings (SSSR count). The van der Waals surface area contributed by atoms with Gasteiger partial charge in [-0.3, -0.25) is 0 Å². The number of rotatable bonds is 7. The minimum Gasteiger partial charge on any atom is -0.435 e. The predicted octanol–water partition coefficient (Wildman–Crippen LogP) is 5.84. The van der Waals surface area contributed by atoms with Crippen LogP contribution in [0.2, 0.25) is 0 Å². The molecule has 0 aliphatic heterocycles. The van der Waals surface area contributed by atoms with Gasteiger partial charge in [0.05, 0.1) is 23.5 Å². The highest BCUT2D eigenvalue weighted by Crippen LogP contribution is 2.36. The number of ether oxygens (including phenoxy) is 1. The quantitative estimate of drug-likeness (QED) is 0.492. The maximum Gasteiger partial charge on any atom is 0.318 e. The molecule has 1 saturated carbocycles. The van der Waals surface area contributed by atoms with Gasteiger partial charge >= 0.3 is 6.03 Å². The lowest BCUT2D eigenvalue weighted by Gasteiger charge is -2.28. The Morgan fingerprint density at radius 3 is 2.42 bits per heavy atom. The second-order valence-corrected chi connectivity index (χ2v) is 9.40. The third kappa shape index (κ3) is 5.35. The van der Waals surface area contributed by atoms with Gasteiger partial charge in [-0.25, -0.2) is 13.9 Å². The minimum absolute atomic E-state index is 0.114. The zero-order valence-corrected chi connectivity index (χ0v) is 19.6. The number of nitrogens with zero attached hydrogens (tertiary/aromatic N) is 3. The summed E-state index contributed by atoms with van der Waals surface area (Å²) in [6.45, 7) is 8.26. The fourth-order valence-corrected chi connectivity index (χ4v) is 3.72. The van der Waals surface area contributed by atoms with E-state index in [0.29, 0.717) is 18.8 Å². The topological polar surface area (TPSA) is 59.4 Å². The number of halogens is 1. The van der Waals surface area contributed by atoms with Crippen molar-refractivity contribution >= 4 is 6.03 Å². The van der Waals surface area contributed by atoms with Crippen molar-refractivity contribution in [3.8, 4) is 17.3 Å². The van der Waals surface area contributed by atoms with Crippen LogP contribution < -0.4 is 10.1 Å². The monoisotopic (exact) mass is 450 g/mol. The first-order chi connectivity index (χ1) is 15.8. The van der Waals surface area contributed by atoms with E-state index >= 15 is 0 Å². The Bertz CT molecular complexity index is 1120. The standard InChI is InChI=1S/C26H31FN4O2/c1-5-22-20(17-30(18-15-16-18)25(32)28-26(2,3)4)24(33-23-14-10-9-13-21(23)27)31(29-22)19-11-7-6-8-12-19/h6-14,18H,5,15-17H2,1-4H3,(H,28,32). The number of carbonyl (C=O) groups is 1. The van der Waals surface area contributed by atoms with Crippen LogP contribution in [0.4, 0.5) is 9.18 Å². The van der Waals surface area contributed by atoms with E-state index in [-0.39, 0.29) is 23.4 Å². The van der Waals surface area contributed by atoms with Gasteiger partial charge in [0, 0.05) is 11.6 Å². The number of carbonyl (C=O) groups excluding carboxylic acids is 1. The molecule has 0 radical (unpaired) electrons. The zero-order valence-electron chi connectivity index (χ0n) is 19.6. The predicted molar refractivity (Wildman–Crippen MR) is 126 cm³/mol. The first-order valence-corrected chi connectivity index (χ1v) is 11.4. The van der Waals surface area contributed by atoms with Gasteiger partial charge in [0.1, 0.15) is 0 Å². The van der Waals surface area contributed by atoms with E-state index in [2.05, 4.69) is 5.32 Å². The molecule has 0 saturated heterocycles. The van der Waals surface area contributed by atoms with Gasteiger partial charge in [-0.15, -0.1) is 0 Å². The molecule has 1 aliphatic carbocycles. The highest BCUT2D eigenvalue weighted by Gasteiger charge is 2.36. The number of benzene rings is 2. The van der Waals surface area contributed by atoms with Gasteiger partial charge in [-0.1, -0.05) is 37.3 Å². The van der Waals surface area contributed by atoms with Crippen molar-refractivity contribution in [2.24, 2.45) is 0 Å². The molecule has 1 aromatic heterocycles. The Morgan fingerprint density at radius 1 is 1.15 bits per heavy atom. The molecule has 0 bridgehead atoms. The van der Waals surface area contributed by atoms with Crippen molar-refractivity contribution in [3.05, 3.63) is 71.7 Å². The molecule has 2 amide bonds. The smallest absolute Gasteiger partial charge is 0.318 e. The van der Waals surface area contributed by atoms with E-state index in [9.17, 15) is 9.18 Å². The summed E-state index contributed by atoms with van der Waals surface area (Å²) < 4.78 is 22.4. The van der Waals surface area contributed by atoms with E-state index in [0.717, 1.165) is 29.8 Å². The Hall–Kier alpha value is -3.35. The fourth-order valence-electron chi connectivity index (χ4n) is 3.72. The molecule has 174 valence electrons. The first kappa shape index (κ1) is 22.8. The highest BCUT2D eigenvalue weighted by molar-refractivity contribution is 5.76. The van der Waals surface area contributed by atoms with E-state index in [4.69, 9.17) is 9.84 Å². The van der Waals surface area contributed by atoms with Crippen LogP contribution in [0.3, 0.4) is 0 Å². The van der Waals surface area contributed by atoms with Crippen LogP contribution in [0.5, 0.6) is 11.6 Å². The van der Waals surface area contributed by atoms with Gasteiger partial charge in [0.15, 0.2) is 11.6 Å². The number of aryl methyl sites for hydroxylation is 1. The van der Waals surface area contributed by atoms with Crippen LogP contribution in [-0.4, -0.2) is 32.3 Å². The van der Waals surface area contributed by atoms with Crippen LogP contribution in [0.1, 0.15) is 51.8 Å². The average Bonchev–Trinajstić information content (AvgIpc) is 3.55. The number of para-hydroxylation sites is 2. The van der Waals surface area contributed by atoms with Crippen LogP contribution >= 0.6 is 0 Å². The molecule has 3 aromatic rings. The lowest BCUT2D eigenvalue weighted by Crippen LogP contribution is -2.49. The van der Waals surface area contributed by atoms with Gasteiger partial charge in [0.2, 0.25) is 5.88 Å². The molecule has 1 N–H and O–H groups in total. The van der Waals surface area contributed by atoms with Crippen LogP contribution in [0.25, 0.3) is 5.69 Å². The van der Waals surface area contributed by atoms with E-state index in [1.165, 1.54) is 6.07 Å². The summed E-state index contributed by atoms with van der Waals surface area (Å²) in [5.74, 6) is 0.0970. The van der Waals surface area contributed by atoms with Crippen molar-refractivity contribution in [2.45, 2.75) is 65.1 Å². The second-order valence-electron chi connectivity index (χ2n) is 9.40. The fraction of sp³-hybridized carbons (Fsp3) is 0.385. The average molecular weight is 451 g/mol. The molecule has 33 heavy (non-hydrogen) atoms. The third-order valence-corrected chi connectivity index (χ3v) is 5.46. The van der Waals surface area contributed by atoms with Crippen LogP contribution in [0, 0.1) is 5.82 Å². The number of aromatic nitrogens is 2. The van der Waals surface area contributed by atoms with Crippen LogP contribution in [0.15, 0.2) is 54.6 Å². The Morgan fingerprint density at radius 2 is 1.82 bits per heavy atom. The Labute approximate surface area is 194 Å². The molecule has 6 nitrogen and oxygen atoms in total. The normalized spacial score (nSPS) is 13.6. The van der Waals surface area contributed by atoms with Gasteiger partial charge in [0.25, 0.3) is 0 Å². The highest BCUT2D eigenvalue weighted by atomic mass is 19.1. The second kappa shape index (κ2) is 9.25. The Kier molecular flexibility index (Phi) is 6.40. The third-order valence-electron chi connectivity index (χ3n) is 5.46. The molecular weight excluding hydrogens is 419 g/mol. The van der Waals surface area contributed by atoms with Crippen molar-refractivity contribution in [1.82, 2.24) is 20.0 Å². The number of amides is 2. The molecule has 0 atom stereocenters. The van der Waals surface area contributed by atoms with Crippen molar-refractivity contribution in [2.75, 3.05) is 0 Å². The molecular formula is C26H31FN4O2. The molecule has 7 heteroatoms. The molecule has 0 spiro atoms. The van der Waals surface area contributed by atoms with Crippen LogP contribution in [-0.2, 0) is 13.0 Å². The molecule has 1 aliphatic rings. The summed E-state index contributed by atoms with van der Waals surface area (Å²) in [5.41, 5.74) is 2.07. The van der Waals surface area contributed by atoms with Crippen molar-refractivity contribution in [3.63, 3.8) is 0 Å². The summed E-state index contributed by atoms with van der Waals surface area (Å²) in [5, 5.41) is 7.88. The minimum atomic E-state index is -0.452. The largest absolute Gasteiger partial charge is 0.435 e. The van der Waals surface area contributed by atoms with Gasteiger partial charge in [-0.2, -0.15) is 5.10 Å². The number of hydrogen-bond acceptors (Lipinski definition) is 3. The Balaban J connectivity index is 1.78. The zero-order chi connectivity index (χ0) is 23.6. The van der Waals surface area contributed by atoms with E-state index < -0.39 is 5.82 Å². The molecule has 1 heterocycles. The number of urea groups is 1. The first-order valence-electron chi connectivity index (χ1n) is 11.4. The summed E-state index contributed by atoms with van der Waals surface area (Å²) in [6, 6.07) is 16.0. The van der Waals surface area contributed by atoms with Crippen molar-refractivity contribution < 1.29 is 13.9 Å². The molecule has 0 unspecified atom stereocenters.